The molecular weight excluding hydrogens is 346 g/mol. The van der Waals surface area contributed by atoms with E-state index in [9.17, 15) is 9.59 Å². The Labute approximate surface area is 128 Å². The number of rotatable bonds is 3. The van der Waals surface area contributed by atoms with Crippen molar-refractivity contribution >= 4 is 45.1 Å². The molecule has 6 heteroatoms. The Kier molecular flexibility index (Phi) is 4.42. The van der Waals surface area contributed by atoms with E-state index >= 15 is 0 Å². The lowest BCUT2D eigenvalue weighted by Gasteiger charge is -2.09. The molecule has 102 valence electrons. The second-order valence-electron chi connectivity index (χ2n) is 3.93. The summed E-state index contributed by atoms with van der Waals surface area (Å²) in [5.74, 6) is -1.58. The third-order valence-electron chi connectivity index (χ3n) is 2.58. The van der Waals surface area contributed by atoms with Crippen LogP contribution in [0.5, 0.6) is 0 Å². The average molecular weight is 355 g/mol. The molecule has 0 aliphatic carbocycles. The number of para-hydroxylation sites is 1. The molecule has 0 radical (unpaired) electrons. The molecular formula is C14H9BrClNO3. The predicted octanol–water partition coefficient (Wildman–Crippen LogP) is 4.05. The van der Waals surface area contributed by atoms with Crippen molar-refractivity contribution in [1.82, 2.24) is 0 Å². The molecule has 0 saturated carbocycles. The van der Waals surface area contributed by atoms with Crippen LogP contribution in [0.4, 0.5) is 5.69 Å². The fourth-order valence-electron chi connectivity index (χ4n) is 1.64. The highest BCUT2D eigenvalue weighted by atomic mass is 79.9. The van der Waals surface area contributed by atoms with Crippen LogP contribution in [0, 0.1) is 0 Å². The Morgan fingerprint density at radius 3 is 2.50 bits per heavy atom. The van der Waals surface area contributed by atoms with Crippen molar-refractivity contribution in [3.63, 3.8) is 0 Å². The zero-order chi connectivity index (χ0) is 14.7. The Bertz CT molecular complexity index is 688. The highest BCUT2D eigenvalue weighted by Gasteiger charge is 2.15. The molecule has 0 atom stereocenters. The summed E-state index contributed by atoms with van der Waals surface area (Å²) in [6.45, 7) is 0. The number of amides is 1. The number of carboxylic acid groups (broad SMARTS) is 1. The summed E-state index contributed by atoms with van der Waals surface area (Å²) in [6, 6.07) is 11.0. The molecule has 0 saturated heterocycles. The molecule has 0 aromatic heterocycles. The number of hydrogen-bond acceptors (Lipinski definition) is 2. The van der Waals surface area contributed by atoms with E-state index in [1.165, 1.54) is 12.1 Å². The molecule has 2 aromatic carbocycles. The van der Waals surface area contributed by atoms with E-state index < -0.39 is 11.9 Å². The number of carbonyl (C=O) groups excluding carboxylic acids is 1. The van der Waals surface area contributed by atoms with Gasteiger partial charge in [0.2, 0.25) is 0 Å². The van der Waals surface area contributed by atoms with Crippen molar-refractivity contribution in [2.24, 2.45) is 0 Å². The minimum absolute atomic E-state index is 0.0203. The molecule has 0 unspecified atom stereocenters. The van der Waals surface area contributed by atoms with Gasteiger partial charge in [0.05, 0.1) is 21.8 Å². The standard InChI is InChI=1S/C14H9BrClNO3/c15-8-5-6-11(16)10(7-8)13(18)17-12-4-2-1-3-9(12)14(19)20/h1-7H,(H,17,18)(H,19,20). The largest absolute Gasteiger partial charge is 0.478 e. The van der Waals surface area contributed by atoms with Gasteiger partial charge in [-0.25, -0.2) is 4.79 Å². The van der Waals surface area contributed by atoms with Gasteiger partial charge in [0.15, 0.2) is 0 Å². The summed E-state index contributed by atoms with van der Waals surface area (Å²) >= 11 is 9.22. The van der Waals surface area contributed by atoms with Gasteiger partial charge in [-0.2, -0.15) is 0 Å². The molecule has 0 bridgehead atoms. The number of halogens is 2. The Hall–Kier alpha value is -1.85. The van der Waals surface area contributed by atoms with E-state index in [4.69, 9.17) is 16.7 Å². The summed E-state index contributed by atoms with van der Waals surface area (Å²) in [5.41, 5.74) is 0.509. The quantitative estimate of drug-likeness (QED) is 0.874. The fourth-order valence-corrected chi connectivity index (χ4v) is 2.20. The summed E-state index contributed by atoms with van der Waals surface area (Å²) in [7, 11) is 0. The van der Waals surface area contributed by atoms with Gasteiger partial charge in [-0.05, 0) is 30.3 Å². The number of benzene rings is 2. The Morgan fingerprint density at radius 2 is 1.80 bits per heavy atom. The third kappa shape index (κ3) is 3.18. The van der Waals surface area contributed by atoms with E-state index in [0.717, 1.165) is 0 Å². The van der Waals surface area contributed by atoms with Gasteiger partial charge in [0.1, 0.15) is 0 Å². The van der Waals surface area contributed by atoms with Crippen molar-refractivity contribution in [2.45, 2.75) is 0 Å². The summed E-state index contributed by atoms with van der Waals surface area (Å²) in [4.78, 5) is 23.2. The zero-order valence-electron chi connectivity index (χ0n) is 10.1. The van der Waals surface area contributed by atoms with E-state index in [-0.39, 0.29) is 16.8 Å². The second kappa shape index (κ2) is 6.07. The van der Waals surface area contributed by atoms with Crippen molar-refractivity contribution in [1.29, 1.82) is 0 Å². The summed E-state index contributed by atoms with van der Waals surface area (Å²) in [6.07, 6.45) is 0. The van der Waals surface area contributed by atoms with Crippen LogP contribution >= 0.6 is 27.5 Å². The fraction of sp³-hybridized carbons (Fsp3) is 0. The van der Waals surface area contributed by atoms with E-state index in [0.29, 0.717) is 9.50 Å². The molecule has 0 fully saturated rings. The van der Waals surface area contributed by atoms with Crippen LogP contribution in [-0.2, 0) is 0 Å². The van der Waals surface area contributed by atoms with Gasteiger partial charge in [-0.15, -0.1) is 0 Å². The highest BCUT2D eigenvalue weighted by molar-refractivity contribution is 9.10. The molecule has 0 heterocycles. The number of aromatic carboxylic acids is 1. The molecule has 2 aromatic rings. The molecule has 0 spiro atoms. The second-order valence-corrected chi connectivity index (χ2v) is 5.25. The van der Waals surface area contributed by atoms with Crippen LogP contribution in [0.3, 0.4) is 0 Å². The normalized spacial score (nSPS) is 10.1. The molecule has 2 rings (SSSR count). The lowest BCUT2D eigenvalue weighted by molar-refractivity contribution is 0.0698. The van der Waals surface area contributed by atoms with Crippen LogP contribution in [0.25, 0.3) is 0 Å². The molecule has 4 nitrogen and oxygen atoms in total. The third-order valence-corrected chi connectivity index (χ3v) is 3.40. The highest BCUT2D eigenvalue weighted by Crippen LogP contribution is 2.23. The van der Waals surface area contributed by atoms with Gasteiger partial charge in [0.25, 0.3) is 5.91 Å². The zero-order valence-corrected chi connectivity index (χ0v) is 12.4. The van der Waals surface area contributed by atoms with Gasteiger partial charge in [-0.3, -0.25) is 4.79 Å². The van der Waals surface area contributed by atoms with Crippen molar-refractivity contribution in [3.05, 3.63) is 63.1 Å². The molecule has 0 aliphatic heterocycles. The summed E-state index contributed by atoms with van der Waals surface area (Å²) < 4.78 is 0.707. The van der Waals surface area contributed by atoms with E-state index in [1.807, 2.05) is 0 Å². The van der Waals surface area contributed by atoms with Gasteiger partial charge < -0.3 is 10.4 Å². The Morgan fingerprint density at radius 1 is 1.10 bits per heavy atom. The first-order chi connectivity index (χ1) is 9.49. The maximum absolute atomic E-state index is 12.2. The maximum Gasteiger partial charge on any atom is 0.337 e. The van der Waals surface area contributed by atoms with Gasteiger partial charge >= 0.3 is 5.97 Å². The maximum atomic E-state index is 12.2. The minimum Gasteiger partial charge on any atom is -0.478 e. The number of carboxylic acids is 1. The number of anilines is 1. The van der Waals surface area contributed by atoms with Crippen LogP contribution in [0.1, 0.15) is 20.7 Å². The van der Waals surface area contributed by atoms with Gasteiger partial charge in [-0.1, -0.05) is 39.7 Å². The molecule has 20 heavy (non-hydrogen) atoms. The average Bonchev–Trinajstić information content (AvgIpc) is 2.41. The molecule has 1 amide bonds. The minimum atomic E-state index is -1.11. The first-order valence-corrected chi connectivity index (χ1v) is 6.75. The van der Waals surface area contributed by atoms with Crippen molar-refractivity contribution in [3.8, 4) is 0 Å². The van der Waals surface area contributed by atoms with E-state index in [1.54, 1.807) is 30.3 Å². The topological polar surface area (TPSA) is 66.4 Å². The van der Waals surface area contributed by atoms with E-state index in [2.05, 4.69) is 21.2 Å². The molecule has 2 N–H and O–H groups in total. The predicted molar refractivity (Wildman–Crippen MR) is 80.5 cm³/mol. The van der Waals surface area contributed by atoms with Crippen molar-refractivity contribution in [2.75, 3.05) is 5.32 Å². The first-order valence-electron chi connectivity index (χ1n) is 5.58. The number of hydrogen-bond donors (Lipinski definition) is 2. The monoisotopic (exact) mass is 353 g/mol. The summed E-state index contributed by atoms with van der Waals surface area (Å²) in [5, 5.41) is 11.9. The van der Waals surface area contributed by atoms with Crippen LogP contribution in [0.15, 0.2) is 46.9 Å². The van der Waals surface area contributed by atoms with Crippen molar-refractivity contribution < 1.29 is 14.7 Å². The first kappa shape index (κ1) is 14.6. The Balaban J connectivity index is 2.33. The number of nitrogens with one attached hydrogen (secondary N) is 1. The molecule has 0 aliphatic rings. The smallest absolute Gasteiger partial charge is 0.337 e. The number of carbonyl (C=O) groups is 2. The van der Waals surface area contributed by atoms with Crippen LogP contribution in [0.2, 0.25) is 5.02 Å². The van der Waals surface area contributed by atoms with Crippen LogP contribution in [-0.4, -0.2) is 17.0 Å². The van der Waals surface area contributed by atoms with Crippen LogP contribution < -0.4 is 5.32 Å². The van der Waals surface area contributed by atoms with Gasteiger partial charge in [0, 0.05) is 4.47 Å². The SMILES string of the molecule is O=C(Nc1ccccc1C(=O)O)c1cc(Br)ccc1Cl. The lowest BCUT2D eigenvalue weighted by Crippen LogP contribution is -2.15. The lowest BCUT2D eigenvalue weighted by atomic mass is 10.1.